The first kappa shape index (κ1) is 30.8. The Balaban J connectivity index is 1.33. The van der Waals surface area contributed by atoms with Crippen molar-refractivity contribution in [2.24, 2.45) is 0 Å². The summed E-state index contributed by atoms with van der Waals surface area (Å²) in [5, 5.41) is 2.46. The SMILES string of the molecule is COPOCCCOC(=O)OCOc1c2n(cc(C(=O)NCc3ccc(F)cc3F)c1=O)CC1N(CC3CCCN31)C2=O. The maximum Gasteiger partial charge on any atom is 0.511 e. The summed E-state index contributed by atoms with van der Waals surface area (Å²) < 4.78 is 54.2. The molecular formula is C27H31F2N4O9P. The Kier molecular flexibility index (Phi) is 9.86. The molecule has 5 rings (SSSR count). The quantitative estimate of drug-likeness (QED) is 0.162. The van der Waals surface area contributed by atoms with Crippen LogP contribution >= 0.6 is 9.03 Å². The fourth-order valence-corrected chi connectivity index (χ4v) is 5.85. The van der Waals surface area contributed by atoms with Crippen molar-refractivity contribution in [3.63, 3.8) is 0 Å². The van der Waals surface area contributed by atoms with Crippen molar-refractivity contribution < 1.29 is 46.4 Å². The van der Waals surface area contributed by atoms with Crippen molar-refractivity contribution in [3.05, 3.63) is 63.1 Å². The van der Waals surface area contributed by atoms with Gasteiger partial charge in [-0.25, -0.2) is 13.6 Å². The lowest BCUT2D eigenvalue weighted by Crippen LogP contribution is -2.50. The van der Waals surface area contributed by atoms with Gasteiger partial charge >= 0.3 is 6.16 Å². The van der Waals surface area contributed by atoms with Crippen LogP contribution in [0.25, 0.3) is 0 Å². The lowest BCUT2D eigenvalue weighted by Gasteiger charge is -2.36. The fourth-order valence-electron chi connectivity index (χ4n) is 5.51. The summed E-state index contributed by atoms with van der Waals surface area (Å²) in [7, 11) is 1.37. The summed E-state index contributed by atoms with van der Waals surface area (Å²) >= 11 is 0. The van der Waals surface area contributed by atoms with Gasteiger partial charge in [-0.3, -0.25) is 19.3 Å². The molecule has 2 amide bonds. The Morgan fingerprint density at radius 3 is 2.77 bits per heavy atom. The maximum absolute atomic E-state index is 14.1. The summed E-state index contributed by atoms with van der Waals surface area (Å²) in [5.74, 6) is -3.39. The van der Waals surface area contributed by atoms with Crippen LogP contribution in [0.3, 0.4) is 0 Å². The monoisotopic (exact) mass is 624 g/mol. The van der Waals surface area contributed by atoms with Gasteiger partial charge in [0, 0.05) is 57.0 Å². The van der Waals surface area contributed by atoms with E-state index in [0.29, 0.717) is 25.6 Å². The minimum absolute atomic E-state index is 0.00188. The Morgan fingerprint density at radius 2 is 1.98 bits per heavy atom. The number of ether oxygens (including phenoxy) is 3. The van der Waals surface area contributed by atoms with Gasteiger partial charge in [-0.15, -0.1) is 0 Å². The van der Waals surface area contributed by atoms with Gasteiger partial charge in [0.1, 0.15) is 23.4 Å². The number of halogens is 2. The van der Waals surface area contributed by atoms with Crippen molar-refractivity contribution in [2.45, 2.75) is 44.6 Å². The molecule has 2 aromatic rings. The molecular weight excluding hydrogens is 593 g/mol. The van der Waals surface area contributed by atoms with Crippen LogP contribution in [-0.2, 0) is 31.6 Å². The average Bonchev–Trinajstić information content (AvgIpc) is 3.58. The van der Waals surface area contributed by atoms with Gasteiger partial charge in [-0.1, -0.05) is 6.07 Å². The molecule has 1 aromatic heterocycles. The Hall–Kier alpha value is -3.65. The van der Waals surface area contributed by atoms with Crippen molar-refractivity contribution >= 4 is 27.0 Å². The van der Waals surface area contributed by atoms with Gasteiger partial charge in [-0.05, 0) is 18.9 Å². The van der Waals surface area contributed by atoms with Gasteiger partial charge in [0.2, 0.25) is 18.0 Å². The van der Waals surface area contributed by atoms with Crippen LogP contribution in [0, 0.1) is 11.6 Å². The zero-order chi connectivity index (χ0) is 30.5. The van der Waals surface area contributed by atoms with E-state index in [1.807, 2.05) is 0 Å². The van der Waals surface area contributed by atoms with E-state index in [2.05, 4.69) is 10.2 Å². The third-order valence-electron chi connectivity index (χ3n) is 7.47. The highest BCUT2D eigenvalue weighted by Crippen LogP contribution is 2.35. The number of hydrogen-bond acceptors (Lipinski definition) is 10. The van der Waals surface area contributed by atoms with Crippen molar-refractivity contribution in [1.29, 1.82) is 0 Å². The summed E-state index contributed by atoms with van der Waals surface area (Å²) in [6.45, 7) is 0.819. The first-order valence-electron chi connectivity index (χ1n) is 13.7. The van der Waals surface area contributed by atoms with E-state index < -0.39 is 47.6 Å². The van der Waals surface area contributed by atoms with Gasteiger partial charge in [0.25, 0.3) is 11.8 Å². The standard InChI is InChI=1S/C27H31F2N4O9P/c1-38-43-42-9-3-8-39-27(37)41-15-40-24-22-26(36)33-12-18-4-2-7-32(18)21(33)14-31(22)13-19(23(24)34)25(35)30-11-16-5-6-17(28)10-20(16)29/h5-6,10,13,18,21,43H,2-4,7-9,11-12,14-15H2,1H3,(H,30,35). The molecule has 0 saturated carbocycles. The van der Waals surface area contributed by atoms with E-state index in [-0.39, 0.29) is 57.8 Å². The first-order valence-corrected chi connectivity index (χ1v) is 14.5. The summed E-state index contributed by atoms with van der Waals surface area (Å²) in [6, 6.07) is 3.12. The number of benzene rings is 1. The second-order valence-corrected chi connectivity index (χ2v) is 11.0. The zero-order valence-electron chi connectivity index (χ0n) is 23.3. The van der Waals surface area contributed by atoms with Gasteiger partial charge in [0.15, 0.2) is 14.7 Å². The van der Waals surface area contributed by atoms with Crippen LogP contribution in [0.2, 0.25) is 0 Å². The van der Waals surface area contributed by atoms with E-state index in [4.69, 9.17) is 23.3 Å². The number of nitrogens with zero attached hydrogens (tertiary/aromatic N) is 3. The fraction of sp³-hybridized carbons (Fsp3) is 0.481. The van der Waals surface area contributed by atoms with Crippen LogP contribution in [0.5, 0.6) is 5.75 Å². The Bertz CT molecular complexity index is 1440. The number of fused-ring (bicyclic) bond motifs is 4. The normalized spacial score (nSPS) is 19.3. The maximum atomic E-state index is 14.1. The van der Waals surface area contributed by atoms with Crippen LogP contribution in [0.15, 0.2) is 29.2 Å². The molecule has 2 saturated heterocycles. The molecule has 3 atom stereocenters. The van der Waals surface area contributed by atoms with Gasteiger partial charge < -0.3 is 38.0 Å². The zero-order valence-corrected chi connectivity index (χ0v) is 24.3. The van der Waals surface area contributed by atoms with E-state index >= 15 is 0 Å². The second-order valence-electron chi connectivity index (χ2n) is 10.1. The third-order valence-corrected chi connectivity index (χ3v) is 7.95. The largest absolute Gasteiger partial charge is 0.511 e. The molecule has 232 valence electrons. The number of carbonyl (C=O) groups is 3. The lowest BCUT2D eigenvalue weighted by atomic mass is 10.1. The number of aromatic nitrogens is 1. The molecule has 4 heterocycles. The molecule has 0 spiro atoms. The van der Waals surface area contributed by atoms with Gasteiger partial charge in [0.05, 0.1) is 19.8 Å². The van der Waals surface area contributed by atoms with E-state index in [9.17, 15) is 28.0 Å². The number of rotatable bonds is 12. The molecule has 0 bridgehead atoms. The predicted molar refractivity (Wildman–Crippen MR) is 147 cm³/mol. The molecule has 16 heteroatoms. The summed E-state index contributed by atoms with van der Waals surface area (Å²) in [6.07, 6.45) is 2.30. The molecule has 0 radical (unpaired) electrons. The molecule has 1 aromatic carbocycles. The van der Waals surface area contributed by atoms with E-state index in [1.54, 1.807) is 4.90 Å². The van der Waals surface area contributed by atoms with Crippen LogP contribution < -0.4 is 15.5 Å². The smallest absolute Gasteiger partial charge is 0.451 e. The van der Waals surface area contributed by atoms with Crippen LogP contribution in [0.1, 0.15) is 45.7 Å². The number of nitrogens with one attached hydrogen (secondary N) is 1. The molecule has 2 fully saturated rings. The molecule has 13 nitrogen and oxygen atoms in total. The minimum atomic E-state index is -1.06. The molecule has 3 unspecified atom stereocenters. The predicted octanol–water partition coefficient (Wildman–Crippen LogP) is 2.37. The molecule has 1 N–H and O–H groups in total. The second kappa shape index (κ2) is 13.8. The average molecular weight is 625 g/mol. The van der Waals surface area contributed by atoms with Crippen LogP contribution in [0.4, 0.5) is 13.6 Å². The first-order chi connectivity index (χ1) is 20.8. The van der Waals surface area contributed by atoms with E-state index in [1.165, 1.54) is 23.9 Å². The minimum Gasteiger partial charge on any atom is -0.451 e. The summed E-state index contributed by atoms with van der Waals surface area (Å²) in [5.41, 5.74) is -1.34. The number of pyridine rings is 1. The molecule has 43 heavy (non-hydrogen) atoms. The highest BCUT2D eigenvalue weighted by molar-refractivity contribution is 7.26. The van der Waals surface area contributed by atoms with Crippen molar-refractivity contribution in [3.8, 4) is 5.75 Å². The van der Waals surface area contributed by atoms with Crippen LogP contribution in [-0.4, -0.2) is 84.8 Å². The Morgan fingerprint density at radius 1 is 1.14 bits per heavy atom. The summed E-state index contributed by atoms with van der Waals surface area (Å²) in [4.78, 5) is 56.2. The van der Waals surface area contributed by atoms with Gasteiger partial charge in [-0.2, -0.15) is 0 Å². The molecule has 3 aliphatic rings. The topological polar surface area (TPSA) is 138 Å². The molecule has 3 aliphatic heterocycles. The number of amides is 2. The highest BCUT2D eigenvalue weighted by Gasteiger charge is 2.48. The number of hydrogen-bond donors (Lipinski definition) is 1. The van der Waals surface area contributed by atoms with Crippen molar-refractivity contribution in [2.75, 3.05) is 40.2 Å². The van der Waals surface area contributed by atoms with Crippen molar-refractivity contribution in [1.82, 2.24) is 19.7 Å². The Labute approximate surface area is 246 Å². The third kappa shape index (κ3) is 6.80. The molecule has 0 aliphatic carbocycles. The number of carbonyl (C=O) groups excluding carboxylic acids is 3. The highest BCUT2D eigenvalue weighted by atomic mass is 31.1. The van der Waals surface area contributed by atoms with E-state index in [0.717, 1.165) is 25.5 Å². The lowest BCUT2D eigenvalue weighted by molar-refractivity contribution is 0.00166.